The van der Waals surface area contributed by atoms with E-state index in [9.17, 15) is 4.79 Å². The Labute approximate surface area is 213 Å². The Kier molecular flexibility index (Phi) is 6.14. The van der Waals surface area contributed by atoms with Gasteiger partial charge in [0.25, 0.3) is 0 Å². The third kappa shape index (κ3) is 4.51. The summed E-state index contributed by atoms with van der Waals surface area (Å²) in [5.74, 6) is 1.40. The molecule has 1 N–H and O–H groups in total. The molecule has 2 aromatic carbocycles. The number of aromatic nitrogens is 1. The number of halogens is 1. The SMILES string of the molecule is O=C(Nc1ncc(C(Cc2ccccc2Cl)N2CCOCC2)s1)C1(c2ccc3c(c2)OCO3)CC1. The molecule has 2 fully saturated rings. The third-order valence-electron chi connectivity index (χ3n) is 7.04. The van der Waals surface area contributed by atoms with Gasteiger partial charge in [0.05, 0.1) is 24.7 Å². The summed E-state index contributed by atoms with van der Waals surface area (Å²) < 4.78 is 16.5. The van der Waals surface area contributed by atoms with Crippen LogP contribution < -0.4 is 14.8 Å². The molecule has 6 rings (SSSR count). The number of benzene rings is 2. The molecule has 35 heavy (non-hydrogen) atoms. The Bertz CT molecular complexity index is 1240. The molecule has 1 atom stereocenters. The van der Waals surface area contributed by atoms with Gasteiger partial charge in [-0.1, -0.05) is 35.9 Å². The summed E-state index contributed by atoms with van der Waals surface area (Å²) in [6, 6.07) is 13.9. The van der Waals surface area contributed by atoms with Crippen molar-refractivity contribution in [1.82, 2.24) is 9.88 Å². The van der Waals surface area contributed by atoms with Gasteiger partial charge in [-0.05, 0) is 48.6 Å². The minimum Gasteiger partial charge on any atom is -0.454 e. The zero-order valence-electron chi connectivity index (χ0n) is 19.2. The Balaban J connectivity index is 1.21. The number of morpholine rings is 1. The van der Waals surface area contributed by atoms with Crippen LogP contribution in [0.3, 0.4) is 0 Å². The van der Waals surface area contributed by atoms with E-state index in [0.717, 1.165) is 59.1 Å². The number of thiazole rings is 1. The van der Waals surface area contributed by atoms with Crippen LogP contribution in [0.5, 0.6) is 11.5 Å². The van der Waals surface area contributed by atoms with Crippen molar-refractivity contribution in [2.24, 2.45) is 0 Å². The topological polar surface area (TPSA) is 72.9 Å². The molecule has 0 bridgehead atoms. The molecule has 1 aliphatic carbocycles. The highest BCUT2D eigenvalue weighted by Crippen LogP contribution is 2.51. The zero-order valence-corrected chi connectivity index (χ0v) is 20.7. The van der Waals surface area contributed by atoms with Gasteiger partial charge in [-0.25, -0.2) is 4.98 Å². The van der Waals surface area contributed by atoms with E-state index in [1.165, 1.54) is 11.3 Å². The van der Waals surface area contributed by atoms with Crippen LogP contribution in [-0.4, -0.2) is 48.9 Å². The summed E-state index contributed by atoms with van der Waals surface area (Å²) in [4.78, 5) is 21.5. The summed E-state index contributed by atoms with van der Waals surface area (Å²) in [6.07, 6.45) is 4.27. The van der Waals surface area contributed by atoms with Crippen molar-refractivity contribution < 1.29 is 19.0 Å². The molecule has 7 nitrogen and oxygen atoms in total. The number of anilines is 1. The number of rotatable bonds is 7. The number of carbonyl (C=O) groups excluding carboxylic acids is 1. The molecule has 1 saturated heterocycles. The second-order valence-electron chi connectivity index (χ2n) is 9.13. The van der Waals surface area contributed by atoms with Crippen molar-refractivity contribution in [3.8, 4) is 11.5 Å². The van der Waals surface area contributed by atoms with Crippen LogP contribution >= 0.6 is 22.9 Å². The number of fused-ring (bicyclic) bond motifs is 1. The van der Waals surface area contributed by atoms with Crippen molar-refractivity contribution in [3.63, 3.8) is 0 Å². The van der Waals surface area contributed by atoms with Gasteiger partial charge in [-0.15, -0.1) is 11.3 Å². The Morgan fingerprint density at radius 3 is 2.74 bits per heavy atom. The Hall–Kier alpha value is -2.65. The molecule has 1 amide bonds. The summed E-state index contributed by atoms with van der Waals surface area (Å²) in [5, 5.41) is 4.48. The quantitative estimate of drug-likeness (QED) is 0.490. The molecular weight excluding hydrogens is 486 g/mol. The maximum absolute atomic E-state index is 13.4. The highest BCUT2D eigenvalue weighted by molar-refractivity contribution is 7.15. The Morgan fingerprint density at radius 1 is 1.14 bits per heavy atom. The lowest BCUT2D eigenvalue weighted by molar-refractivity contribution is -0.118. The normalized spacial score (nSPS) is 19.3. The van der Waals surface area contributed by atoms with E-state index >= 15 is 0 Å². The van der Waals surface area contributed by atoms with E-state index in [-0.39, 0.29) is 18.7 Å². The summed E-state index contributed by atoms with van der Waals surface area (Å²) >= 11 is 8.02. The van der Waals surface area contributed by atoms with Gasteiger partial charge < -0.3 is 19.5 Å². The fourth-order valence-corrected chi connectivity index (χ4v) is 6.01. The highest BCUT2D eigenvalue weighted by Gasteiger charge is 2.52. The van der Waals surface area contributed by atoms with E-state index in [1.807, 2.05) is 42.6 Å². The number of ether oxygens (including phenoxy) is 3. The van der Waals surface area contributed by atoms with Gasteiger partial charge in [0.2, 0.25) is 12.7 Å². The van der Waals surface area contributed by atoms with Crippen molar-refractivity contribution in [2.75, 3.05) is 38.4 Å². The molecule has 9 heteroatoms. The van der Waals surface area contributed by atoms with Crippen molar-refractivity contribution in [2.45, 2.75) is 30.7 Å². The average Bonchev–Trinajstić information content (AvgIpc) is 3.34. The zero-order chi connectivity index (χ0) is 23.8. The predicted molar refractivity (Wildman–Crippen MR) is 135 cm³/mol. The van der Waals surface area contributed by atoms with E-state index in [2.05, 4.69) is 21.3 Å². The van der Waals surface area contributed by atoms with Crippen LogP contribution in [0.4, 0.5) is 5.13 Å². The van der Waals surface area contributed by atoms with Crippen LogP contribution in [0.1, 0.15) is 34.9 Å². The molecule has 3 heterocycles. The molecule has 1 saturated carbocycles. The van der Waals surface area contributed by atoms with Crippen LogP contribution in [0, 0.1) is 0 Å². The number of amides is 1. The lowest BCUT2D eigenvalue weighted by Crippen LogP contribution is -2.39. The van der Waals surface area contributed by atoms with E-state index in [1.54, 1.807) is 0 Å². The fourth-order valence-electron chi connectivity index (χ4n) is 4.85. The first kappa shape index (κ1) is 22.8. The van der Waals surface area contributed by atoms with Gasteiger partial charge in [0, 0.05) is 29.2 Å². The minimum atomic E-state index is -0.534. The monoisotopic (exact) mass is 511 g/mol. The summed E-state index contributed by atoms with van der Waals surface area (Å²) in [5.41, 5.74) is 1.53. The highest BCUT2D eigenvalue weighted by atomic mass is 35.5. The van der Waals surface area contributed by atoms with Gasteiger partial charge in [-0.2, -0.15) is 0 Å². The van der Waals surface area contributed by atoms with Gasteiger partial charge in [0.15, 0.2) is 16.6 Å². The first-order valence-corrected chi connectivity index (χ1v) is 13.0. The lowest BCUT2D eigenvalue weighted by Gasteiger charge is -2.34. The minimum absolute atomic E-state index is 0.0220. The lowest BCUT2D eigenvalue weighted by atomic mass is 9.94. The van der Waals surface area contributed by atoms with Crippen molar-refractivity contribution in [3.05, 3.63) is 69.7 Å². The molecule has 0 spiro atoms. The maximum Gasteiger partial charge on any atom is 0.236 e. The van der Waals surface area contributed by atoms with Gasteiger partial charge in [0.1, 0.15) is 0 Å². The number of carbonyl (C=O) groups is 1. The molecule has 3 aliphatic rings. The van der Waals surface area contributed by atoms with Crippen LogP contribution in [0.15, 0.2) is 48.7 Å². The largest absolute Gasteiger partial charge is 0.454 e. The molecule has 1 unspecified atom stereocenters. The van der Waals surface area contributed by atoms with Crippen molar-refractivity contribution in [1.29, 1.82) is 0 Å². The van der Waals surface area contributed by atoms with E-state index in [4.69, 9.17) is 25.8 Å². The van der Waals surface area contributed by atoms with Gasteiger partial charge in [-0.3, -0.25) is 9.69 Å². The molecular formula is C26H26ClN3O4S. The second-order valence-corrected chi connectivity index (χ2v) is 10.6. The smallest absolute Gasteiger partial charge is 0.236 e. The number of hydrogen-bond acceptors (Lipinski definition) is 7. The molecule has 1 aromatic heterocycles. The van der Waals surface area contributed by atoms with E-state index < -0.39 is 5.41 Å². The number of nitrogens with zero attached hydrogens (tertiary/aromatic N) is 2. The first-order valence-electron chi connectivity index (χ1n) is 11.8. The Morgan fingerprint density at radius 2 is 1.94 bits per heavy atom. The first-order chi connectivity index (χ1) is 17.1. The standard InChI is InChI=1S/C26H26ClN3O4S/c27-19-4-2-1-3-17(19)13-20(30-9-11-32-12-10-30)23-15-28-25(35-23)29-24(31)26(7-8-26)18-5-6-21-22(14-18)34-16-33-21/h1-6,14-15,20H,7-13,16H2,(H,28,29,31). The predicted octanol–water partition coefficient (Wildman–Crippen LogP) is 4.81. The second kappa shape index (κ2) is 9.43. The van der Waals surface area contributed by atoms with Crippen molar-refractivity contribution >= 4 is 34.0 Å². The maximum atomic E-state index is 13.4. The van der Waals surface area contributed by atoms with Crippen LogP contribution in [-0.2, 0) is 21.4 Å². The molecule has 182 valence electrons. The summed E-state index contributed by atoms with van der Waals surface area (Å²) in [7, 11) is 0. The fraction of sp³-hybridized carbons (Fsp3) is 0.385. The molecule has 0 radical (unpaired) electrons. The number of nitrogens with one attached hydrogen (secondary N) is 1. The average molecular weight is 512 g/mol. The van der Waals surface area contributed by atoms with E-state index in [0.29, 0.717) is 24.1 Å². The third-order valence-corrected chi connectivity index (χ3v) is 8.42. The van der Waals surface area contributed by atoms with Crippen LogP contribution in [0.2, 0.25) is 5.02 Å². The molecule has 2 aliphatic heterocycles. The van der Waals surface area contributed by atoms with Gasteiger partial charge >= 0.3 is 0 Å². The summed E-state index contributed by atoms with van der Waals surface area (Å²) in [6.45, 7) is 3.33. The van der Waals surface area contributed by atoms with Crippen LogP contribution in [0.25, 0.3) is 0 Å². The molecule has 3 aromatic rings. The number of hydrogen-bond donors (Lipinski definition) is 1.